The van der Waals surface area contributed by atoms with Gasteiger partial charge in [-0.2, -0.15) is 0 Å². The molecule has 90 valence electrons. The predicted octanol–water partition coefficient (Wildman–Crippen LogP) is 2.45. The zero-order valence-corrected chi connectivity index (χ0v) is 11.7. The first-order valence-corrected chi connectivity index (χ1v) is 6.13. The van der Waals surface area contributed by atoms with Crippen molar-refractivity contribution in [1.29, 1.82) is 0 Å². The van der Waals surface area contributed by atoms with E-state index in [1.54, 1.807) is 0 Å². The molecule has 0 unspecified atom stereocenters. The molecule has 1 aromatic heterocycles. The lowest BCUT2D eigenvalue weighted by atomic mass is 10.1. The first kappa shape index (κ1) is 13.7. The Bertz CT molecular complexity index is 329. The normalized spacial score (nSPS) is 20.0. The maximum absolute atomic E-state index is 4.46. The number of halogens is 2. The molecule has 0 saturated carbocycles. The van der Waals surface area contributed by atoms with Crippen LogP contribution >= 0.6 is 28.3 Å². The molecule has 1 aliphatic rings. The van der Waals surface area contributed by atoms with Crippen LogP contribution in [-0.2, 0) is 0 Å². The number of nitrogens with zero attached hydrogens (tertiary/aromatic N) is 2. The van der Waals surface area contributed by atoms with E-state index in [1.165, 1.54) is 12.8 Å². The van der Waals surface area contributed by atoms with Crippen LogP contribution in [0.3, 0.4) is 0 Å². The molecule has 1 aliphatic heterocycles. The molecular weight excluding hydrogens is 289 g/mol. The molecule has 1 saturated heterocycles. The Morgan fingerprint density at radius 1 is 1.50 bits per heavy atom. The third kappa shape index (κ3) is 3.34. The molecule has 0 bridgehead atoms. The zero-order chi connectivity index (χ0) is 10.7. The van der Waals surface area contributed by atoms with Gasteiger partial charge in [0.25, 0.3) is 0 Å². The number of pyridine rings is 1. The van der Waals surface area contributed by atoms with Gasteiger partial charge >= 0.3 is 0 Å². The van der Waals surface area contributed by atoms with Gasteiger partial charge in [-0.1, -0.05) is 6.07 Å². The van der Waals surface area contributed by atoms with Crippen LogP contribution < -0.4 is 10.2 Å². The van der Waals surface area contributed by atoms with Crippen LogP contribution in [0.4, 0.5) is 5.82 Å². The molecule has 16 heavy (non-hydrogen) atoms. The van der Waals surface area contributed by atoms with Crippen LogP contribution in [-0.4, -0.2) is 31.2 Å². The third-order valence-corrected chi connectivity index (χ3v) is 3.32. The van der Waals surface area contributed by atoms with Crippen molar-refractivity contribution < 1.29 is 0 Å². The number of anilines is 1. The van der Waals surface area contributed by atoms with Gasteiger partial charge in [-0.3, -0.25) is 0 Å². The Morgan fingerprint density at radius 2 is 2.31 bits per heavy atom. The van der Waals surface area contributed by atoms with E-state index in [9.17, 15) is 0 Å². The summed E-state index contributed by atoms with van der Waals surface area (Å²) >= 11 is 3.40. The van der Waals surface area contributed by atoms with Crippen molar-refractivity contribution in [3.05, 3.63) is 22.8 Å². The minimum absolute atomic E-state index is 0. The van der Waals surface area contributed by atoms with Gasteiger partial charge in [-0.05, 0) is 47.4 Å². The number of rotatable bonds is 2. The molecule has 1 atom stereocenters. The summed E-state index contributed by atoms with van der Waals surface area (Å²) in [5, 5.41) is 3.42. The predicted molar refractivity (Wildman–Crippen MR) is 73.5 cm³/mol. The first-order valence-electron chi connectivity index (χ1n) is 5.33. The van der Waals surface area contributed by atoms with E-state index in [-0.39, 0.29) is 12.4 Å². The van der Waals surface area contributed by atoms with Crippen molar-refractivity contribution in [1.82, 2.24) is 10.3 Å². The molecule has 2 heterocycles. The van der Waals surface area contributed by atoms with E-state index < -0.39 is 0 Å². The number of nitrogens with one attached hydrogen (secondary N) is 1. The van der Waals surface area contributed by atoms with Crippen molar-refractivity contribution in [3.8, 4) is 0 Å². The van der Waals surface area contributed by atoms with E-state index >= 15 is 0 Å². The molecule has 1 N–H and O–H groups in total. The highest BCUT2D eigenvalue weighted by atomic mass is 79.9. The summed E-state index contributed by atoms with van der Waals surface area (Å²) in [7, 11) is 2.12. The standard InChI is InChI=1S/C11H16BrN3.ClH/c1-15(9-4-3-7-13-8-9)11-6-2-5-10(12)14-11;/h2,5-6,9,13H,3-4,7-8H2,1H3;1H/t9-;/m1./s1. The fraction of sp³-hybridized carbons (Fsp3) is 0.545. The number of hydrogen-bond donors (Lipinski definition) is 1. The minimum Gasteiger partial charge on any atom is -0.355 e. The Labute approximate surface area is 111 Å². The highest BCUT2D eigenvalue weighted by Crippen LogP contribution is 2.18. The van der Waals surface area contributed by atoms with Gasteiger partial charge in [0.05, 0.1) is 0 Å². The molecule has 0 radical (unpaired) electrons. The fourth-order valence-corrected chi connectivity index (χ4v) is 2.28. The summed E-state index contributed by atoms with van der Waals surface area (Å²) in [5.41, 5.74) is 0. The van der Waals surface area contributed by atoms with E-state index in [1.807, 2.05) is 12.1 Å². The average molecular weight is 307 g/mol. The first-order chi connectivity index (χ1) is 7.27. The Kier molecular flexibility index (Phi) is 5.52. The van der Waals surface area contributed by atoms with E-state index in [0.29, 0.717) is 6.04 Å². The van der Waals surface area contributed by atoms with Gasteiger partial charge in [0.15, 0.2) is 0 Å². The van der Waals surface area contributed by atoms with Crippen LogP contribution in [0, 0.1) is 0 Å². The highest BCUT2D eigenvalue weighted by Gasteiger charge is 2.18. The SMILES string of the molecule is CN(c1cccc(Br)n1)[C@@H]1CCCNC1.Cl. The third-order valence-electron chi connectivity index (χ3n) is 2.88. The second kappa shape index (κ2) is 6.42. The zero-order valence-electron chi connectivity index (χ0n) is 9.32. The van der Waals surface area contributed by atoms with Crippen LogP contribution in [0.25, 0.3) is 0 Å². The number of piperidine rings is 1. The Hall–Kier alpha value is -0.320. The lowest BCUT2D eigenvalue weighted by molar-refractivity contribution is 0.443. The summed E-state index contributed by atoms with van der Waals surface area (Å²) in [5.74, 6) is 1.04. The molecular formula is C11H17BrClN3. The molecule has 0 aliphatic carbocycles. The van der Waals surface area contributed by atoms with E-state index in [0.717, 1.165) is 23.5 Å². The van der Waals surface area contributed by atoms with Gasteiger partial charge in [0.2, 0.25) is 0 Å². The van der Waals surface area contributed by atoms with Crippen molar-refractivity contribution in [2.24, 2.45) is 0 Å². The molecule has 2 rings (SSSR count). The molecule has 0 aromatic carbocycles. The fourth-order valence-electron chi connectivity index (χ4n) is 1.95. The maximum Gasteiger partial charge on any atom is 0.129 e. The molecule has 0 spiro atoms. The van der Waals surface area contributed by atoms with Crippen molar-refractivity contribution >= 4 is 34.2 Å². The number of likely N-dealkylation sites (N-methyl/N-ethyl adjacent to an activating group) is 1. The summed E-state index contributed by atoms with van der Waals surface area (Å²) in [4.78, 5) is 6.72. The number of hydrogen-bond acceptors (Lipinski definition) is 3. The topological polar surface area (TPSA) is 28.2 Å². The van der Waals surface area contributed by atoms with Crippen LogP contribution in [0.1, 0.15) is 12.8 Å². The van der Waals surface area contributed by atoms with Gasteiger partial charge in [-0.15, -0.1) is 12.4 Å². The quantitative estimate of drug-likeness (QED) is 0.851. The largest absolute Gasteiger partial charge is 0.355 e. The summed E-state index contributed by atoms with van der Waals surface area (Å²) < 4.78 is 0.899. The van der Waals surface area contributed by atoms with Crippen LogP contribution in [0.2, 0.25) is 0 Å². The lowest BCUT2D eigenvalue weighted by Crippen LogP contribution is -2.44. The Morgan fingerprint density at radius 3 is 2.94 bits per heavy atom. The van der Waals surface area contributed by atoms with Crippen LogP contribution in [0.15, 0.2) is 22.8 Å². The lowest BCUT2D eigenvalue weighted by Gasteiger charge is -2.32. The monoisotopic (exact) mass is 305 g/mol. The molecule has 3 nitrogen and oxygen atoms in total. The molecule has 1 fully saturated rings. The van der Waals surface area contributed by atoms with Gasteiger partial charge < -0.3 is 10.2 Å². The summed E-state index contributed by atoms with van der Waals surface area (Å²) in [6.45, 7) is 2.21. The van der Waals surface area contributed by atoms with Crippen LogP contribution in [0.5, 0.6) is 0 Å². The second-order valence-corrected chi connectivity index (χ2v) is 4.74. The Balaban J connectivity index is 0.00000128. The minimum atomic E-state index is 0. The van der Waals surface area contributed by atoms with Gasteiger partial charge in [0, 0.05) is 19.6 Å². The van der Waals surface area contributed by atoms with E-state index in [4.69, 9.17) is 0 Å². The van der Waals surface area contributed by atoms with Crippen molar-refractivity contribution in [3.63, 3.8) is 0 Å². The van der Waals surface area contributed by atoms with Gasteiger partial charge in [0.1, 0.15) is 10.4 Å². The van der Waals surface area contributed by atoms with Gasteiger partial charge in [-0.25, -0.2) is 4.98 Å². The maximum atomic E-state index is 4.46. The highest BCUT2D eigenvalue weighted by molar-refractivity contribution is 9.10. The van der Waals surface area contributed by atoms with E-state index in [2.05, 4.69) is 44.2 Å². The summed E-state index contributed by atoms with van der Waals surface area (Å²) in [6, 6.07) is 6.61. The van der Waals surface area contributed by atoms with Crippen molar-refractivity contribution in [2.45, 2.75) is 18.9 Å². The summed E-state index contributed by atoms with van der Waals surface area (Å²) in [6.07, 6.45) is 2.50. The average Bonchev–Trinajstić information content (AvgIpc) is 2.29. The number of aromatic nitrogens is 1. The molecule has 0 amide bonds. The smallest absolute Gasteiger partial charge is 0.129 e. The van der Waals surface area contributed by atoms with Crippen molar-refractivity contribution in [2.75, 3.05) is 25.0 Å². The molecule has 1 aromatic rings. The molecule has 5 heteroatoms. The second-order valence-electron chi connectivity index (χ2n) is 3.93.